The van der Waals surface area contributed by atoms with Gasteiger partial charge in [0.05, 0.1) is 11.8 Å². The van der Waals surface area contributed by atoms with Crippen LogP contribution in [0.4, 0.5) is 0 Å². The normalized spacial score (nSPS) is 13.1. The molecule has 0 rings (SSSR count). The summed E-state index contributed by atoms with van der Waals surface area (Å²) in [7, 11) is 0. The summed E-state index contributed by atoms with van der Waals surface area (Å²) in [6.07, 6.45) is 0. The van der Waals surface area contributed by atoms with Crippen molar-refractivity contribution in [3.63, 3.8) is 0 Å². The Bertz CT molecular complexity index is 242. The average Bonchev–Trinajstić information content (AvgIpc) is 2.14. The van der Waals surface area contributed by atoms with Gasteiger partial charge >= 0.3 is 0 Å². The number of ketones is 1. The van der Waals surface area contributed by atoms with Crippen LogP contribution in [0.3, 0.4) is 0 Å². The topological polar surface area (TPSA) is 72.2 Å². The highest BCUT2D eigenvalue weighted by Crippen LogP contribution is 2.07. The number of hydrogen-bond donors (Lipinski definition) is 2. The molecule has 5 heteroatoms. The van der Waals surface area contributed by atoms with Gasteiger partial charge in [-0.1, -0.05) is 27.7 Å². The van der Waals surface area contributed by atoms with Crippen molar-refractivity contribution >= 4 is 23.5 Å². The molecule has 3 N–H and O–H groups in total. The number of thioether (sulfide) groups is 1. The second-order valence-electron chi connectivity index (χ2n) is 4.41. The maximum Gasteiger partial charge on any atom is 0.235 e. The molecule has 0 aromatic carbocycles. The second kappa shape index (κ2) is 7.68. The zero-order chi connectivity index (χ0) is 12.7. The molecule has 0 bridgehead atoms. The predicted molar refractivity (Wildman–Crippen MR) is 68.4 cm³/mol. The molecule has 0 radical (unpaired) electrons. The summed E-state index contributed by atoms with van der Waals surface area (Å²) in [6, 6.07) is -0.149. The van der Waals surface area contributed by atoms with Crippen molar-refractivity contribution in [2.45, 2.75) is 39.8 Å². The first-order valence-electron chi connectivity index (χ1n) is 5.50. The van der Waals surface area contributed by atoms with E-state index in [1.165, 1.54) is 11.8 Å². The molecule has 0 heterocycles. The molecular formula is C11H22N2O2S. The summed E-state index contributed by atoms with van der Waals surface area (Å²) in [5, 5.41) is 3.08. The van der Waals surface area contributed by atoms with E-state index in [2.05, 4.69) is 5.32 Å². The zero-order valence-corrected chi connectivity index (χ0v) is 11.3. The lowest BCUT2D eigenvalue weighted by atomic mass is 10.1. The van der Waals surface area contributed by atoms with E-state index in [-0.39, 0.29) is 29.7 Å². The van der Waals surface area contributed by atoms with Crippen LogP contribution in [0.2, 0.25) is 0 Å². The third kappa shape index (κ3) is 6.85. The van der Waals surface area contributed by atoms with E-state index < -0.39 is 0 Å². The Kier molecular flexibility index (Phi) is 7.42. The van der Waals surface area contributed by atoms with Crippen LogP contribution in [0.5, 0.6) is 0 Å². The Hall–Kier alpha value is -0.550. The Morgan fingerprint density at radius 2 is 1.81 bits per heavy atom. The Morgan fingerprint density at radius 3 is 2.19 bits per heavy atom. The Balaban J connectivity index is 3.94. The highest BCUT2D eigenvalue weighted by atomic mass is 32.2. The number of nitrogens with one attached hydrogen (secondary N) is 1. The largest absolute Gasteiger partial charge is 0.368 e. The third-order valence-corrected chi connectivity index (χ3v) is 3.11. The smallest absolute Gasteiger partial charge is 0.235 e. The lowest BCUT2D eigenvalue weighted by Crippen LogP contribution is -2.46. The number of hydrogen-bond acceptors (Lipinski definition) is 4. The molecule has 1 atom stereocenters. The number of amides is 1. The lowest BCUT2D eigenvalue weighted by molar-refractivity contribution is -0.120. The maximum atomic E-state index is 11.4. The maximum absolute atomic E-state index is 11.4. The van der Waals surface area contributed by atoms with Crippen molar-refractivity contribution in [3.8, 4) is 0 Å². The second-order valence-corrected chi connectivity index (χ2v) is 5.44. The van der Waals surface area contributed by atoms with Crippen molar-refractivity contribution in [3.05, 3.63) is 0 Å². The fourth-order valence-electron chi connectivity index (χ4n) is 1.06. The van der Waals surface area contributed by atoms with Gasteiger partial charge in [-0.3, -0.25) is 9.59 Å². The fraction of sp³-hybridized carbons (Fsp3) is 0.818. The van der Waals surface area contributed by atoms with E-state index in [9.17, 15) is 9.59 Å². The predicted octanol–water partition coefficient (Wildman–Crippen LogP) is 0.797. The molecular weight excluding hydrogens is 224 g/mol. The summed E-state index contributed by atoms with van der Waals surface area (Å²) < 4.78 is 0. The monoisotopic (exact) mass is 246 g/mol. The van der Waals surface area contributed by atoms with Gasteiger partial charge in [0.2, 0.25) is 5.91 Å². The van der Waals surface area contributed by atoms with Crippen LogP contribution in [-0.2, 0) is 9.59 Å². The fourth-order valence-corrected chi connectivity index (χ4v) is 2.21. The molecule has 94 valence electrons. The van der Waals surface area contributed by atoms with Gasteiger partial charge in [0, 0.05) is 17.7 Å². The minimum atomic E-state index is -0.363. The quantitative estimate of drug-likeness (QED) is 0.664. The van der Waals surface area contributed by atoms with Crippen LogP contribution in [0.25, 0.3) is 0 Å². The molecule has 0 aromatic rings. The lowest BCUT2D eigenvalue weighted by Gasteiger charge is -2.17. The summed E-state index contributed by atoms with van der Waals surface area (Å²) in [6.45, 7) is 7.67. The van der Waals surface area contributed by atoms with Crippen LogP contribution in [0, 0.1) is 5.92 Å². The van der Waals surface area contributed by atoms with E-state index in [0.717, 1.165) is 0 Å². The molecule has 0 saturated heterocycles. The third-order valence-electron chi connectivity index (χ3n) is 2.05. The zero-order valence-electron chi connectivity index (χ0n) is 10.4. The summed E-state index contributed by atoms with van der Waals surface area (Å²) in [5.74, 6) is 0.890. The first-order chi connectivity index (χ1) is 7.34. The van der Waals surface area contributed by atoms with E-state index in [1.54, 1.807) is 0 Å². The van der Waals surface area contributed by atoms with Crippen molar-refractivity contribution in [1.82, 2.24) is 5.32 Å². The van der Waals surface area contributed by atoms with Crippen molar-refractivity contribution in [2.24, 2.45) is 11.7 Å². The van der Waals surface area contributed by atoms with Crippen LogP contribution in [0.15, 0.2) is 0 Å². The van der Waals surface area contributed by atoms with Crippen LogP contribution in [-0.4, -0.2) is 35.3 Å². The van der Waals surface area contributed by atoms with Crippen molar-refractivity contribution in [1.29, 1.82) is 0 Å². The molecule has 0 aliphatic heterocycles. The molecule has 4 nitrogen and oxygen atoms in total. The standard InChI is InChI=1S/C11H22N2O2S/c1-7(2)10(14)6-16-5-9(11(12)15)13-8(3)4/h7-9,13H,5-6H2,1-4H3,(H2,12,15). The van der Waals surface area contributed by atoms with Crippen LogP contribution < -0.4 is 11.1 Å². The van der Waals surface area contributed by atoms with Gasteiger partial charge in [-0.25, -0.2) is 0 Å². The molecule has 1 unspecified atom stereocenters. The Morgan fingerprint density at radius 1 is 1.25 bits per heavy atom. The van der Waals surface area contributed by atoms with Crippen molar-refractivity contribution < 1.29 is 9.59 Å². The summed E-state index contributed by atoms with van der Waals surface area (Å²) in [5.41, 5.74) is 5.26. The minimum Gasteiger partial charge on any atom is -0.368 e. The van der Waals surface area contributed by atoms with Gasteiger partial charge in [-0.2, -0.15) is 11.8 Å². The summed E-state index contributed by atoms with van der Waals surface area (Å²) in [4.78, 5) is 22.5. The molecule has 1 amide bonds. The molecule has 16 heavy (non-hydrogen) atoms. The van der Waals surface area contributed by atoms with Gasteiger partial charge in [0.1, 0.15) is 5.78 Å². The number of Topliss-reactive ketones (excluding diaryl/α,β-unsaturated/α-hetero) is 1. The van der Waals surface area contributed by atoms with Crippen LogP contribution >= 0.6 is 11.8 Å². The Labute approximate surface area is 102 Å². The highest BCUT2D eigenvalue weighted by molar-refractivity contribution is 8.00. The summed E-state index contributed by atoms with van der Waals surface area (Å²) >= 11 is 1.46. The van der Waals surface area contributed by atoms with Gasteiger partial charge in [0.15, 0.2) is 0 Å². The van der Waals surface area contributed by atoms with Gasteiger partial charge in [0.25, 0.3) is 0 Å². The molecule has 0 fully saturated rings. The molecule has 0 spiro atoms. The molecule has 0 aliphatic carbocycles. The number of primary amides is 1. The van der Waals surface area contributed by atoms with E-state index in [1.807, 2.05) is 27.7 Å². The number of rotatable bonds is 8. The first-order valence-corrected chi connectivity index (χ1v) is 6.65. The van der Waals surface area contributed by atoms with Gasteiger partial charge < -0.3 is 11.1 Å². The first kappa shape index (κ1) is 15.4. The molecule has 0 saturated carbocycles. The van der Waals surface area contributed by atoms with E-state index >= 15 is 0 Å². The number of carbonyl (C=O) groups is 2. The van der Waals surface area contributed by atoms with Gasteiger partial charge in [-0.15, -0.1) is 0 Å². The molecule has 0 aliphatic rings. The van der Waals surface area contributed by atoms with E-state index in [0.29, 0.717) is 11.5 Å². The molecule has 0 aromatic heterocycles. The minimum absolute atomic E-state index is 0.0533. The highest BCUT2D eigenvalue weighted by Gasteiger charge is 2.17. The van der Waals surface area contributed by atoms with Gasteiger partial charge in [-0.05, 0) is 0 Å². The number of nitrogens with two attached hydrogens (primary N) is 1. The SMILES string of the molecule is CC(C)NC(CSCC(=O)C(C)C)C(N)=O. The average molecular weight is 246 g/mol. The van der Waals surface area contributed by atoms with Crippen molar-refractivity contribution in [2.75, 3.05) is 11.5 Å². The van der Waals surface area contributed by atoms with Crippen LogP contribution in [0.1, 0.15) is 27.7 Å². The van der Waals surface area contributed by atoms with E-state index in [4.69, 9.17) is 5.73 Å². The number of carbonyl (C=O) groups excluding carboxylic acids is 2.